The van der Waals surface area contributed by atoms with E-state index in [4.69, 9.17) is 4.74 Å². The number of carbonyl (C=O) groups is 2. The Morgan fingerprint density at radius 1 is 1.04 bits per heavy atom. The van der Waals surface area contributed by atoms with Crippen LogP contribution in [-0.4, -0.2) is 22.6 Å². The van der Waals surface area contributed by atoms with E-state index in [0.29, 0.717) is 16.9 Å². The molecule has 1 aromatic heterocycles. The molecule has 2 aromatic carbocycles. The maximum Gasteiger partial charge on any atom is 0.412 e. The Balaban J connectivity index is 1.71. The van der Waals surface area contributed by atoms with Gasteiger partial charge in [0.05, 0.1) is 15.2 Å². The molecule has 0 aliphatic rings. The largest absolute Gasteiger partial charge is 0.444 e. The second-order valence-electron chi connectivity index (χ2n) is 7.08. The third-order valence-electron chi connectivity index (χ3n) is 3.52. The van der Waals surface area contributed by atoms with Gasteiger partial charge in [0.1, 0.15) is 5.60 Å². The highest BCUT2D eigenvalue weighted by molar-refractivity contribution is 7.18. The van der Waals surface area contributed by atoms with Crippen molar-refractivity contribution in [2.45, 2.75) is 33.3 Å². The Morgan fingerprint density at radius 3 is 2.52 bits per heavy atom. The van der Waals surface area contributed by atoms with Crippen LogP contribution >= 0.6 is 11.3 Å². The molecule has 140 valence electrons. The minimum atomic E-state index is -0.591. The first-order chi connectivity index (χ1) is 12.7. The number of aromatic nitrogens is 1. The first kappa shape index (κ1) is 18.8. The van der Waals surface area contributed by atoms with Crippen LogP contribution in [0.2, 0.25) is 0 Å². The van der Waals surface area contributed by atoms with Gasteiger partial charge in [-0.25, -0.2) is 9.78 Å². The summed E-state index contributed by atoms with van der Waals surface area (Å²) in [6, 6.07) is 12.3. The number of hydrogen-bond donors (Lipinski definition) is 2. The lowest BCUT2D eigenvalue weighted by molar-refractivity contribution is 0.0635. The number of fused-ring (bicyclic) bond motifs is 1. The number of ether oxygens (including phenoxy) is 1. The molecule has 3 aromatic rings. The van der Waals surface area contributed by atoms with Crippen LogP contribution in [0.15, 0.2) is 42.5 Å². The van der Waals surface area contributed by atoms with Crippen LogP contribution < -0.4 is 10.6 Å². The van der Waals surface area contributed by atoms with Gasteiger partial charge in [0, 0.05) is 16.9 Å². The average Bonchev–Trinajstić information content (AvgIpc) is 2.92. The summed E-state index contributed by atoms with van der Waals surface area (Å²) < 4.78 is 6.24. The van der Waals surface area contributed by atoms with Crippen molar-refractivity contribution in [2.24, 2.45) is 0 Å². The zero-order valence-corrected chi connectivity index (χ0v) is 16.4. The molecular formula is C20H21N3O3S. The molecule has 0 saturated heterocycles. The zero-order valence-electron chi connectivity index (χ0n) is 15.6. The topological polar surface area (TPSA) is 80.3 Å². The van der Waals surface area contributed by atoms with Crippen LogP contribution in [0.4, 0.5) is 16.2 Å². The van der Waals surface area contributed by atoms with E-state index in [1.54, 1.807) is 56.4 Å². The van der Waals surface area contributed by atoms with Gasteiger partial charge in [-0.05, 0) is 64.1 Å². The molecule has 7 heteroatoms. The monoisotopic (exact) mass is 383 g/mol. The molecule has 2 amide bonds. The number of nitrogens with one attached hydrogen (secondary N) is 2. The quantitative estimate of drug-likeness (QED) is 0.651. The second-order valence-corrected chi connectivity index (χ2v) is 8.31. The van der Waals surface area contributed by atoms with Crippen LogP contribution in [0.5, 0.6) is 0 Å². The van der Waals surface area contributed by atoms with Crippen molar-refractivity contribution >= 4 is 44.9 Å². The van der Waals surface area contributed by atoms with Gasteiger partial charge in [-0.3, -0.25) is 10.1 Å². The van der Waals surface area contributed by atoms with E-state index in [-0.39, 0.29) is 5.91 Å². The fourth-order valence-corrected chi connectivity index (χ4v) is 3.35. The van der Waals surface area contributed by atoms with Crippen molar-refractivity contribution in [1.82, 2.24) is 4.98 Å². The minimum Gasteiger partial charge on any atom is -0.444 e. The number of benzene rings is 2. The first-order valence-corrected chi connectivity index (χ1v) is 9.30. The van der Waals surface area contributed by atoms with Gasteiger partial charge in [0.2, 0.25) is 0 Å². The summed E-state index contributed by atoms with van der Waals surface area (Å²) in [5.74, 6) is -0.261. The van der Waals surface area contributed by atoms with Crippen molar-refractivity contribution in [3.8, 4) is 0 Å². The van der Waals surface area contributed by atoms with Crippen LogP contribution in [0.1, 0.15) is 36.1 Å². The smallest absolute Gasteiger partial charge is 0.412 e. The van der Waals surface area contributed by atoms with Gasteiger partial charge in [-0.2, -0.15) is 0 Å². The van der Waals surface area contributed by atoms with Crippen molar-refractivity contribution in [3.05, 3.63) is 53.0 Å². The number of amides is 2. The molecule has 6 nitrogen and oxygen atoms in total. The van der Waals surface area contributed by atoms with Gasteiger partial charge in [0.15, 0.2) is 0 Å². The van der Waals surface area contributed by atoms with Gasteiger partial charge < -0.3 is 10.1 Å². The number of nitrogens with zero attached hydrogens (tertiary/aromatic N) is 1. The third kappa shape index (κ3) is 5.04. The molecule has 2 N–H and O–H groups in total. The molecule has 0 aliphatic carbocycles. The standard InChI is InChI=1S/C20H21N3O3S/c1-12-21-16-9-8-15(11-17(16)27-12)22-18(24)13-6-5-7-14(10-13)23-19(25)26-20(2,3)4/h5-11H,1-4H3,(H,22,24)(H,23,25). The molecule has 0 atom stereocenters. The Labute approximate surface area is 161 Å². The molecule has 0 fully saturated rings. The van der Waals surface area contributed by atoms with Gasteiger partial charge in [-0.1, -0.05) is 6.07 Å². The van der Waals surface area contributed by atoms with E-state index in [1.165, 1.54) is 0 Å². The third-order valence-corrected chi connectivity index (χ3v) is 4.46. The van der Waals surface area contributed by atoms with Crippen LogP contribution in [0.25, 0.3) is 10.2 Å². The van der Waals surface area contributed by atoms with E-state index in [0.717, 1.165) is 15.2 Å². The fraction of sp³-hybridized carbons (Fsp3) is 0.250. The first-order valence-electron chi connectivity index (χ1n) is 8.48. The number of rotatable bonds is 3. The highest BCUT2D eigenvalue weighted by Gasteiger charge is 2.16. The SMILES string of the molecule is Cc1nc2ccc(NC(=O)c3cccc(NC(=O)OC(C)(C)C)c3)cc2s1. The molecule has 0 radical (unpaired) electrons. The lowest BCUT2D eigenvalue weighted by Crippen LogP contribution is -2.27. The number of carbonyl (C=O) groups excluding carboxylic acids is 2. The summed E-state index contributed by atoms with van der Waals surface area (Å²) in [4.78, 5) is 28.9. The molecule has 0 spiro atoms. The molecule has 27 heavy (non-hydrogen) atoms. The number of anilines is 2. The zero-order chi connectivity index (χ0) is 19.6. The fourth-order valence-electron chi connectivity index (χ4n) is 2.48. The van der Waals surface area contributed by atoms with Crippen LogP contribution in [-0.2, 0) is 4.74 Å². The normalized spacial score (nSPS) is 11.3. The molecule has 0 unspecified atom stereocenters. The molecular weight excluding hydrogens is 362 g/mol. The van der Waals surface area contributed by atoms with Gasteiger partial charge >= 0.3 is 6.09 Å². The van der Waals surface area contributed by atoms with Gasteiger partial charge in [-0.15, -0.1) is 11.3 Å². The summed E-state index contributed by atoms with van der Waals surface area (Å²) in [6.45, 7) is 7.32. The van der Waals surface area contributed by atoms with E-state index >= 15 is 0 Å². The van der Waals surface area contributed by atoms with Crippen molar-refractivity contribution in [2.75, 3.05) is 10.6 Å². The van der Waals surface area contributed by atoms with Crippen molar-refractivity contribution in [1.29, 1.82) is 0 Å². The number of aryl methyl sites for hydroxylation is 1. The second kappa shape index (κ2) is 7.36. The van der Waals surface area contributed by atoms with Gasteiger partial charge in [0.25, 0.3) is 5.91 Å². The summed E-state index contributed by atoms with van der Waals surface area (Å²) in [5.41, 5.74) is 1.95. The van der Waals surface area contributed by atoms with Crippen molar-refractivity contribution < 1.29 is 14.3 Å². The van der Waals surface area contributed by atoms with E-state index in [1.807, 2.05) is 25.1 Å². The van der Waals surface area contributed by atoms with Crippen LogP contribution in [0.3, 0.4) is 0 Å². The predicted molar refractivity (Wildman–Crippen MR) is 109 cm³/mol. The summed E-state index contributed by atoms with van der Waals surface area (Å²) >= 11 is 1.58. The molecule has 0 aliphatic heterocycles. The highest BCUT2D eigenvalue weighted by Crippen LogP contribution is 2.25. The van der Waals surface area contributed by atoms with E-state index in [9.17, 15) is 9.59 Å². The molecule has 1 heterocycles. The highest BCUT2D eigenvalue weighted by atomic mass is 32.1. The Hall–Kier alpha value is -2.93. The Kier molecular flexibility index (Phi) is 5.14. The average molecular weight is 383 g/mol. The predicted octanol–water partition coefficient (Wildman–Crippen LogP) is 5.20. The minimum absolute atomic E-state index is 0.261. The van der Waals surface area contributed by atoms with Crippen LogP contribution in [0, 0.1) is 6.92 Å². The summed E-state index contributed by atoms with van der Waals surface area (Å²) in [6.07, 6.45) is -0.564. The maximum absolute atomic E-state index is 12.6. The molecule has 0 saturated carbocycles. The lowest BCUT2D eigenvalue weighted by atomic mass is 10.2. The number of hydrogen-bond acceptors (Lipinski definition) is 5. The Morgan fingerprint density at radius 2 is 1.78 bits per heavy atom. The van der Waals surface area contributed by atoms with E-state index in [2.05, 4.69) is 15.6 Å². The Bertz CT molecular complexity index is 1010. The number of thiazole rings is 1. The summed E-state index contributed by atoms with van der Waals surface area (Å²) in [7, 11) is 0. The molecule has 0 bridgehead atoms. The van der Waals surface area contributed by atoms with E-state index < -0.39 is 11.7 Å². The van der Waals surface area contributed by atoms with Crippen molar-refractivity contribution in [3.63, 3.8) is 0 Å². The lowest BCUT2D eigenvalue weighted by Gasteiger charge is -2.19. The summed E-state index contributed by atoms with van der Waals surface area (Å²) in [5, 5.41) is 6.49. The maximum atomic E-state index is 12.6. The molecule has 3 rings (SSSR count).